The zero-order chi connectivity index (χ0) is 17.9. The van der Waals surface area contributed by atoms with E-state index >= 15 is 0 Å². The van der Waals surface area contributed by atoms with Gasteiger partial charge in [-0.2, -0.15) is 0 Å². The summed E-state index contributed by atoms with van der Waals surface area (Å²) in [6.07, 6.45) is 0.262. The third-order valence-corrected chi connectivity index (χ3v) is 3.77. The third kappa shape index (κ3) is 14.8. The molecule has 0 spiro atoms. The summed E-state index contributed by atoms with van der Waals surface area (Å²) in [7, 11) is 1.59. The fourth-order valence-electron chi connectivity index (χ4n) is 1.43. The van der Waals surface area contributed by atoms with Crippen LogP contribution in [0.4, 0.5) is 0 Å². The summed E-state index contributed by atoms with van der Waals surface area (Å²) in [5.41, 5.74) is 0. The van der Waals surface area contributed by atoms with Crippen molar-refractivity contribution >= 4 is 13.8 Å². The van der Waals surface area contributed by atoms with Crippen molar-refractivity contribution < 1.29 is 42.7 Å². The number of rotatable bonds is 14. The Balaban J connectivity index is 3.94. The minimum Gasteiger partial charge on any atom is -0.481 e. The number of nitrogens with zero attached hydrogens (tertiary/aromatic N) is 1. The average molecular weight is 358 g/mol. The van der Waals surface area contributed by atoms with Crippen LogP contribution in [0.2, 0.25) is 0 Å². The summed E-state index contributed by atoms with van der Waals surface area (Å²) < 4.78 is 27.2. The van der Waals surface area contributed by atoms with Crippen molar-refractivity contribution in [2.75, 3.05) is 54.1 Å². The minimum absolute atomic E-state index is 0.0512. The number of carboxylic acid groups (broad SMARTS) is 1. The van der Waals surface area contributed by atoms with Crippen LogP contribution in [0.25, 0.3) is 0 Å². The van der Waals surface area contributed by atoms with E-state index in [0.717, 1.165) is 0 Å². The van der Waals surface area contributed by atoms with E-state index in [1.54, 1.807) is 0 Å². The van der Waals surface area contributed by atoms with Gasteiger partial charge in [-0.1, -0.05) is 0 Å². The Hall–Kier alpha value is -0.540. The zero-order valence-electron chi connectivity index (χ0n) is 14.0. The van der Waals surface area contributed by atoms with Crippen molar-refractivity contribution in [3.8, 4) is 0 Å². The van der Waals surface area contributed by atoms with Gasteiger partial charge in [0.25, 0.3) is 0 Å². The molecule has 0 radical (unpaired) electrons. The molecular formula is C13H29NO8P+. The lowest BCUT2D eigenvalue weighted by Gasteiger charge is -2.24. The minimum atomic E-state index is -4.18. The molecule has 0 saturated heterocycles. The Morgan fingerprint density at radius 3 is 2.35 bits per heavy atom. The van der Waals surface area contributed by atoms with Crippen LogP contribution in [0.15, 0.2) is 0 Å². The highest BCUT2D eigenvalue weighted by Crippen LogP contribution is 2.43. The van der Waals surface area contributed by atoms with Gasteiger partial charge in [-0.3, -0.25) is 13.8 Å². The molecule has 0 saturated carbocycles. The van der Waals surface area contributed by atoms with Crippen LogP contribution >= 0.6 is 7.82 Å². The highest BCUT2D eigenvalue weighted by Gasteiger charge is 2.24. The second kappa shape index (κ2) is 11.1. The number of quaternary nitrogens is 1. The van der Waals surface area contributed by atoms with Crippen molar-refractivity contribution in [3.63, 3.8) is 0 Å². The largest absolute Gasteiger partial charge is 0.481 e. The summed E-state index contributed by atoms with van der Waals surface area (Å²) >= 11 is 0. The number of likely N-dealkylation sites (N-methyl/N-ethyl adjacent to an activating group) is 1. The molecule has 0 rings (SSSR count). The van der Waals surface area contributed by atoms with Crippen LogP contribution in [0, 0.1) is 0 Å². The predicted molar refractivity (Wildman–Crippen MR) is 82.9 cm³/mol. The van der Waals surface area contributed by atoms with E-state index < -0.39 is 19.9 Å². The molecule has 0 aromatic heterocycles. The molecule has 10 heteroatoms. The summed E-state index contributed by atoms with van der Waals surface area (Å²) in [5.74, 6) is -0.876. The lowest BCUT2D eigenvalue weighted by molar-refractivity contribution is -0.870. The molecule has 3 N–H and O–H groups in total. The Kier molecular flexibility index (Phi) is 10.8. The van der Waals surface area contributed by atoms with Gasteiger partial charge < -0.3 is 24.3 Å². The molecule has 0 aliphatic rings. The van der Waals surface area contributed by atoms with Crippen LogP contribution < -0.4 is 0 Å². The smallest absolute Gasteiger partial charge is 0.472 e. The Morgan fingerprint density at radius 1 is 1.17 bits per heavy atom. The Morgan fingerprint density at radius 2 is 1.83 bits per heavy atom. The normalized spacial score (nSPS) is 16.0. The SMILES string of the molecule is C[N+](C)(C)CCOP(=O)(O)OC[C@@H](CO)OCCCCC(=O)O. The maximum atomic E-state index is 11.7. The van der Waals surface area contributed by atoms with Gasteiger partial charge in [0, 0.05) is 13.0 Å². The first-order valence-corrected chi connectivity index (χ1v) is 8.92. The van der Waals surface area contributed by atoms with Crippen molar-refractivity contribution in [3.05, 3.63) is 0 Å². The highest BCUT2D eigenvalue weighted by molar-refractivity contribution is 7.47. The first kappa shape index (κ1) is 22.5. The van der Waals surface area contributed by atoms with E-state index in [1.807, 2.05) is 21.1 Å². The quantitative estimate of drug-likeness (QED) is 0.232. The van der Waals surface area contributed by atoms with E-state index in [0.29, 0.717) is 23.9 Å². The van der Waals surface area contributed by atoms with Crippen molar-refractivity contribution in [2.45, 2.75) is 25.4 Å². The van der Waals surface area contributed by atoms with E-state index in [-0.39, 0.29) is 32.8 Å². The van der Waals surface area contributed by atoms with Crippen LogP contribution in [-0.4, -0.2) is 85.8 Å². The maximum Gasteiger partial charge on any atom is 0.472 e. The highest BCUT2D eigenvalue weighted by atomic mass is 31.2. The van der Waals surface area contributed by atoms with E-state index in [9.17, 15) is 14.3 Å². The number of phosphoric ester groups is 1. The number of phosphoric acid groups is 1. The molecule has 2 atom stereocenters. The predicted octanol–water partition coefficient (Wildman–Crippen LogP) is 0.459. The number of ether oxygens (including phenoxy) is 1. The van der Waals surface area contributed by atoms with Crippen LogP contribution in [0.5, 0.6) is 0 Å². The molecule has 0 aliphatic carbocycles. The number of unbranched alkanes of at least 4 members (excludes halogenated alkanes) is 1. The van der Waals surface area contributed by atoms with Crippen molar-refractivity contribution in [1.82, 2.24) is 0 Å². The van der Waals surface area contributed by atoms with Gasteiger partial charge >= 0.3 is 13.8 Å². The number of carboxylic acids is 1. The fraction of sp³-hybridized carbons (Fsp3) is 0.923. The van der Waals surface area contributed by atoms with Crippen LogP contribution in [0.1, 0.15) is 19.3 Å². The topological polar surface area (TPSA) is 123 Å². The number of hydrogen-bond acceptors (Lipinski definition) is 6. The van der Waals surface area contributed by atoms with Gasteiger partial charge in [0.1, 0.15) is 19.3 Å². The molecule has 0 fully saturated rings. The maximum absolute atomic E-state index is 11.7. The molecule has 9 nitrogen and oxygen atoms in total. The van der Waals surface area contributed by atoms with E-state index in [2.05, 4.69) is 0 Å². The number of carbonyl (C=O) groups is 1. The lowest BCUT2D eigenvalue weighted by atomic mass is 10.2. The second-order valence-corrected chi connectivity index (χ2v) is 7.59. The third-order valence-electron chi connectivity index (χ3n) is 2.78. The molecule has 0 aromatic carbocycles. The molecule has 138 valence electrons. The van der Waals surface area contributed by atoms with Gasteiger partial charge in [0.2, 0.25) is 0 Å². The summed E-state index contributed by atoms with van der Waals surface area (Å²) in [6, 6.07) is 0. The summed E-state index contributed by atoms with van der Waals surface area (Å²) in [5, 5.41) is 17.6. The molecule has 0 aliphatic heterocycles. The van der Waals surface area contributed by atoms with E-state index in [4.69, 9.17) is 24.0 Å². The standard InChI is InChI=1S/C13H28NO8P/c1-14(2,3)7-9-21-23(18,19)22-11-12(10-15)20-8-5-4-6-13(16)17/h12,15H,4-11H2,1-3H3,(H-,16,17,18,19)/p+1/t12-/m1/s1. The van der Waals surface area contributed by atoms with E-state index in [1.165, 1.54) is 0 Å². The molecule has 0 heterocycles. The van der Waals surface area contributed by atoms with Gasteiger partial charge in [0.15, 0.2) is 0 Å². The van der Waals surface area contributed by atoms with Crippen molar-refractivity contribution in [1.29, 1.82) is 0 Å². The number of aliphatic hydroxyl groups excluding tert-OH is 1. The Labute approximate surface area is 137 Å². The summed E-state index contributed by atoms with van der Waals surface area (Å²) in [6.45, 7) is 0.180. The zero-order valence-corrected chi connectivity index (χ0v) is 14.9. The molecule has 0 amide bonds. The Bertz CT molecular complexity index is 385. The van der Waals surface area contributed by atoms with Crippen LogP contribution in [0.3, 0.4) is 0 Å². The number of aliphatic hydroxyl groups is 1. The summed E-state index contributed by atoms with van der Waals surface area (Å²) in [4.78, 5) is 19.9. The first-order chi connectivity index (χ1) is 10.6. The molecular weight excluding hydrogens is 329 g/mol. The van der Waals surface area contributed by atoms with Gasteiger partial charge in [-0.25, -0.2) is 4.57 Å². The second-order valence-electron chi connectivity index (χ2n) is 6.14. The average Bonchev–Trinajstić information content (AvgIpc) is 2.39. The molecule has 0 bridgehead atoms. The lowest BCUT2D eigenvalue weighted by Crippen LogP contribution is -2.37. The van der Waals surface area contributed by atoms with Crippen LogP contribution in [-0.2, 0) is 23.1 Å². The van der Waals surface area contributed by atoms with Crippen molar-refractivity contribution in [2.24, 2.45) is 0 Å². The molecule has 23 heavy (non-hydrogen) atoms. The number of aliphatic carboxylic acids is 1. The number of hydrogen-bond donors (Lipinski definition) is 3. The monoisotopic (exact) mass is 358 g/mol. The molecule has 0 aromatic rings. The van der Waals surface area contributed by atoms with Gasteiger partial charge in [-0.15, -0.1) is 0 Å². The molecule has 1 unspecified atom stereocenters. The van der Waals surface area contributed by atoms with Gasteiger partial charge in [-0.05, 0) is 12.8 Å². The van der Waals surface area contributed by atoms with Gasteiger partial charge in [0.05, 0.1) is 34.4 Å². The first-order valence-electron chi connectivity index (χ1n) is 7.42. The fourth-order valence-corrected chi connectivity index (χ4v) is 2.17.